The second-order valence-electron chi connectivity index (χ2n) is 0.289. The van der Waals surface area contributed by atoms with E-state index < -0.39 is 0 Å². The smallest absolute Gasteiger partial charge is 0 e. The zero-order chi connectivity index (χ0) is 2.71. The predicted octanol–water partition coefficient (Wildman–Crippen LogP) is -0.223. The summed E-state index contributed by atoms with van der Waals surface area (Å²) >= 11 is 0. The molecule has 0 aromatic heterocycles. The van der Waals surface area contributed by atoms with Crippen molar-refractivity contribution in [3.05, 3.63) is 6.92 Å². The van der Waals surface area contributed by atoms with Gasteiger partial charge in [-0.2, -0.15) is 0 Å². The third-order valence-electron chi connectivity index (χ3n) is 0. The van der Waals surface area contributed by atoms with Crippen molar-refractivity contribution in [2.45, 2.75) is 0 Å². The summed E-state index contributed by atoms with van der Waals surface area (Å²) in [5.41, 5.74) is 4.74. The Labute approximate surface area is 51.8 Å². The van der Waals surface area contributed by atoms with Crippen LogP contribution in [0, 0.1) is 6.92 Å². The van der Waals surface area contributed by atoms with Gasteiger partial charge in [0.2, 0.25) is 0 Å². The Kier molecular flexibility index (Phi) is 19.9. The van der Waals surface area contributed by atoms with E-state index in [0.29, 0.717) is 6.54 Å². The minimum Gasteiger partial charge on any atom is -0.360 e. The first-order valence-corrected chi connectivity index (χ1v) is 0.908. The SMILES string of the molecule is [CH2-]CN.[Y]. The van der Waals surface area contributed by atoms with Gasteiger partial charge in [-0.15, -0.1) is 6.54 Å². The molecule has 0 fully saturated rings. The van der Waals surface area contributed by atoms with E-state index in [0.717, 1.165) is 0 Å². The molecule has 0 saturated heterocycles. The van der Waals surface area contributed by atoms with Crippen molar-refractivity contribution in [2.24, 2.45) is 5.73 Å². The first-order chi connectivity index (χ1) is 1.41. The molecule has 1 radical (unpaired) electrons. The Morgan fingerprint density at radius 2 is 1.75 bits per heavy atom. The van der Waals surface area contributed by atoms with Crippen LogP contribution in [-0.4, -0.2) is 6.54 Å². The average Bonchev–Trinajstić information content (AvgIpc) is 0.918. The first-order valence-electron chi connectivity index (χ1n) is 0.908. The van der Waals surface area contributed by atoms with Crippen LogP contribution in [0.1, 0.15) is 0 Å². The zero-order valence-corrected chi connectivity index (χ0v) is 5.41. The molecule has 0 aliphatic carbocycles. The van der Waals surface area contributed by atoms with Gasteiger partial charge in [0, 0.05) is 32.7 Å². The quantitative estimate of drug-likeness (QED) is 0.454. The summed E-state index contributed by atoms with van der Waals surface area (Å²) in [5, 5.41) is 0. The molecular weight excluding hydrogens is 127 g/mol. The van der Waals surface area contributed by atoms with Crippen molar-refractivity contribution in [3.63, 3.8) is 0 Å². The molecule has 2 heteroatoms. The molecule has 0 aliphatic rings. The minimum atomic E-state index is 0. The molecule has 0 atom stereocenters. The molecule has 0 rings (SSSR count). The summed E-state index contributed by atoms with van der Waals surface area (Å²) in [5.74, 6) is 0. The Morgan fingerprint density at radius 1 is 1.75 bits per heavy atom. The Hall–Kier alpha value is 1.06. The van der Waals surface area contributed by atoms with Crippen molar-refractivity contribution in [1.82, 2.24) is 0 Å². The molecule has 0 unspecified atom stereocenters. The molecule has 1 nitrogen and oxygen atoms in total. The summed E-state index contributed by atoms with van der Waals surface area (Å²) in [6.45, 7) is 3.76. The Bertz CT molecular complexity index is 6.00. The third-order valence-corrected chi connectivity index (χ3v) is 0. The molecule has 23 valence electrons. The third kappa shape index (κ3) is 11.5. The second kappa shape index (κ2) is 8.96. The molecule has 0 aliphatic heterocycles. The van der Waals surface area contributed by atoms with E-state index >= 15 is 0 Å². The van der Waals surface area contributed by atoms with Gasteiger partial charge in [0.05, 0.1) is 0 Å². The molecule has 0 amide bonds. The molecule has 0 saturated carbocycles. The van der Waals surface area contributed by atoms with Crippen LogP contribution in [-0.2, 0) is 32.7 Å². The van der Waals surface area contributed by atoms with Crippen molar-refractivity contribution in [3.8, 4) is 0 Å². The summed E-state index contributed by atoms with van der Waals surface area (Å²) in [6, 6.07) is 0. The normalized spacial score (nSPS) is 4.50. The summed E-state index contributed by atoms with van der Waals surface area (Å²) in [7, 11) is 0. The van der Waals surface area contributed by atoms with Gasteiger partial charge in [-0.3, -0.25) is 0 Å². The molecule has 4 heavy (non-hydrogen) atoms. The van der Waals surface area contributed by atoms with Gasteiger partial charge in [-0.05, 0) is 0 Å². The molecule has 0 spiro atoms. The fourth-order valence-electron chi connectivity index (χ4n) is 0. The number of rotatable bonds is 0. The van der Waals surface area contributed by atoms with Crippen molar-refractivity contribution in [2.75, 3.05) is 6.54 Å². The first kappa shape index (κ1) is 8.91. The molecular formula is C2H6NY-. The van der Waals surface area contributed by atoms with Gasteiger partial charge in [-0.25, -0.2) is 0 Å². The van der Waals surface area contributed by atoms with E-state index in [1.54, 1.807) is 0 Å². The monoisotopic (exact) mass is 133 g/mol. The van der Waals surface area contributed by atoms with Crippen LogP contribution in [0.15, 0.2) is 0 Å². The molecule has 0 bridgehead atoms. The molecule has 0 aromatic carbocycles. The maximum atomic E-state index is 4.74. The fourth-order valence-corrected chi connectivity index (χ4v) is 0. The number of nitrogens with two attached hydrogens (primary N) is 1. The topological polar surface area (TPSA) is 26.0 Å². The van der Waals surface area contributed by atoms with Crippen LogP contribution in [0.25, 0.3) is 0 Å². The second-order valence-corrected chi connectivity index (χ2v) is 0.289. The maximum Gasteiger partial charge on any atom is 0 e. The van der Waals surface area contributed by atoms with Crippen LogP contribution >= 0.6 is 0 Å². The summed E-state index contributed by atoms with van der Waals surface area (Å²) in [6.07, 6.45) is 0. The van der Waals surface area contributed by atoms with Crippen molar-refractivity contribution >= 4 is 0 Å². The Morgan fingerprint density at radius 3 is 1.75 bits per heavy atom. The van der Waals surface area contributed by atoms with Gasteiger partial charge in [0.1, 0.15) is 0 Å². The van der Waals surface area contributed by atoms with E-state index in [1.165, 1.54) is 0 Å². The largest absolute Gasteiger partial charge is 0.360 e. The van der Waals surface area contributed by atoms with Gasteiger partial charge >= 0.3 is 0 Å². The van der Waals surface area contributed by atoms with Crippen molar-refractivity contribution < 1.29 is 32.7 Å². The van der Waals surface area contributed by atoms with Crippen LogP contribution in [0.4, 0.5) is 0 Å². The maximum absolute atomic E-state index is 4.74. The van der Waals surface area contributed by atoms with Crippen LogP contribution in [0.2, 0.25) is 0 Å². The number of hydrogen-bond acceptors (Lipinski definition) is 1. The van der Waals surface area contributed by atoms with E-state index in [9.17, 15) is 0 Å². The van der Waals surface area contributed by atoms with E-state index in [2.05, 4.69) is 6.92 Å². The van der Waals surface area contributed by atoms with E-state index in [-0.39, 0.29) is 32.7 Å². The molecule has 0 heterocycles. The zero-order valence-electron chi connectivity index (χ0n) is 2.57. The van der Waals surface area contributed by atoms with E-state index in [4.69, 9.17) is 5.73 Å². The summed E-state index contributed by atoms with van der Waals surface area (Å²) in [4.78, 5) is 0. The molecule has 0 aromatic rings. The van der Waals surface area contributed by atoms with Crippen LogP contribution < -0.4 is 5.73 Å². The van der Waals surface area contributed by atoms with Gasteiger partial charge in [0.25, 0.3) is 0 Å². The summed E-state index contributed by atoms with van der Waals surface area (Å²) < 4.78 is 0. The van der Waals surface area contributed by atoms with Gasteiger partial charge in [0.15, 0.2) is 0 Å². The van der Waals surface area contributed by atoms with Gasteiger partial charge in [-0.1, -0.05) is 0 Å². The predicted molar refractivity (Wildman–Crippen MR) is 14.4 cm³/mol. The minimum absolute atomic E-state index is 0. The van der Waals surface area contributed by atoms with Crippen molar-refractivity contribution in [1.29, 1.82) is 0 Å². The van der Waals surface area contributed by atoms with E-state index in [1.807, 2.05) is 0 Å². The Balaban J connectivity index is 0. The fraction of sp³-hybridized carbons (Fsp3) is 0.500. The van der Waals surface area contributed by atoms with Gasteiger partial charge < -0.3 is 12.7 Å². The average molecular weight is 133 g/mol. The van der Waals surface area contributed by atoms with Crippen LogP contribution in [0.5, 0.6) is 0 Å². The molecule has 2 N–H and O–H groups in total. The standard InChI is InChI=1S/C2H6N.Y/c1-2-3;/h1-3H2;/q-1;. The number of hydrogen-bond donors (Lipinski definition) is 1. The van der Waals surface area contributed by atoms with Crippen LogP contribution in [0.3, 0.4) is 0 Å².